The quantitative estimate of drug-likeness (QED) is 0.184. The minimum Gasteiger partial charge on any atom is -0.463 e. The van der Waals surface area contributed by atoms with Gasteiger partial charge in [0.05, 0.1) is 40.1 Å². The van der Waals surface area contributed by atoms with Crippen LogP contribution in [0.25, 0.3) is 17.0 Å². The van der Waals surface area contributed by atoms with Gasteiger partial charge in [-0.1, -0.05) is 59.9 Å². The molecule has 5 aromatic rings. The number of hydrogen-bond acceptors (Lipinski definition) is 7. The first kappa shape index (κ1) is 28.5. The van der Waals surface area contributed by atoms with Crippen molar-refractivity contribution in [1.29, 1.82) is 5.26 Å². The Morgan fingerprint density at radius 3 is 2.60 bits per heavy atom. The third-order valence-corrected chi connectivity index (χ3v) is 9.26. The number of thioether (sulfide) groups is 1. The molecule has 9 heteroatoms. The van der Waals surface area contributed by atoms with Crippen molar-refractivity contribution in [2.24, 2.45) is 4.99 Å². The lowest BCUT2D eigenvalue weighted by molar-refractivity contribution is -0.139. The lowest BCUT2D eigenvalue weighted by Gasteiger charge is -2.24. The number of thiazole rings is 1. The second kappa shape index (κ2) is 11.9. The van der Waals surface area contributed by atoms with E-state index in [0.717, 1.165) is 32.5 Å². The van der Waals surface area contributed by atoms with Crippen LogP contribution in [0.1, 0.15) is 42.1 Å². The highest BCUT2D eigenvalue weighted by Crippen LogP contribution is 2.32. The fourth-order valence-corrected chi connectivity index (χ4v) is 6.95. The monoisotopic (exact) mass is 604 g/mol. The van der Waals surface area contributed by atoms with Gasteiger partial charge in [-0.25, -0.2) is 9.79 Å². The fraction of sp³-hybridized carbons (Fsp3) is 0.176. The Balaban J connectivity index is 1.51. The molecule has 0 fully saturated rings. The average molecular weight is 605 g/mol. The van der Waals surface area contributed by atoms with Crippen LogP contribution in [0.3, 0.4) is 0 Å². The number of nitriles is 1. The number of nitrogens with zero attached hydrogens (tertiary/aromatic N) is 4. The summed E-state index contributed by atoms with van der Waals surface area (Å²) in [5.41, 5.74) is 4.95. The summed E-state index contributed by atoms with van der Waals surface area (Å²) in [6.45, 7) is 4.30. The maximum atomic E-state index is 14.1. The van der Waals surface area contributed by atoms with Crippen molar-refractivity contribution in [3.05, 3.63) is 132 Å². The number of hydrogen-bond donors (Lipinski definition) is 0. The molecule has 2 aromatic heterocycles. The van der Waals surface area contributed by atoms with Gasteiger partial charge < -0.3 is 9.30 Å². The Morgan fingerprint density at radius 1 is 1.12 bits per heavy atom. The first-order chi connectivity index (χ1) is 20.9. The van der Waals surface area contributed by atoms with Crippen LogP contribution < -0.4 is 14.9 Å². The minimum absolute atomic E-state index is 0.219. The molecule has 1 atom stereocenters. The van der Waals surface area contributed by atoms with Crippen molar-refractivity contribution in [2.45, 2.75) is 31.3 Å². The third kappa shape index (κ3) is 5.24. The van der Waals surface area contributed by atoms with Crippen molar-refractivity contribution in [1.82, 2.24) is 9.13 Å². The van der Waals surface area contributed by atoms with Gasteiger partial charge in [0, 0.05) is 34.1 Å². The molecule has 0 unspecified atom stereocenters. The largest absolute Gasteiger partial charge is 0.463 e. The van der Waals surface area contributed by atoms with Gasteiger partial charge in [-0.15, -0.1) is 11.8 Å². The highest BCUT2D eigenvalue weighted by molar-refractivity contribution is 7.98. The number of carbonyl (C=O) groups is 1. The van der Waals surface area contributed by atoms with E-state index in [9.17, 15) is 14.9 Å². The Kier molecular flexibility index (Phi) is 7.89. The first-order valence-electron chi connectivity index (χ1n) is 13.8. The zero-order chi connectivity index (χ0) is 30.1. The van der Waals surface area contributed by atoms with E-state index in [0.29, 0.717) is 32.7 Å². The molecular formula is C34H28N4O3S2. The van der Waals surface area contributed by atoms with E-state index >= 15 is 0 Å². The lowest BCUT2D eigenvalue weighted by atomic mass is 9.96. The van der Waals surface area contributed by atoms with Crippen LogP contribution in [0.2, 0.25) is 0 Å². The predicted octanol–water partition coefficient (Wildman–Crippen LogP) is 5.39. The summed E-state index contributed by atoms with van der Waals surface area (Å²) in [5, 5.41) is 10.6. The summed E-state index contributed by atoms with van der Waals surface area (Å²) >= 11 is 2.93. The number of aromatic nitrogens is 2. The molecule has 0 saturated heterocycles. The van der Waals surface area contributed by atoms with Gasteiger partial charge in [-0.3, -0.25) is 9.36 Å². The van der Waals surface area contributed by atoms with Gasteiger partial charge in [-0.05, 0) is 61.6 Å². The molecule has 43 heavy (non-hydrogen) atoms. The van der Waals surface area contributed by atoms with E-state index < -0.39 is 12.0 Å². The van der Waals surface area contributed by atoms with E-state index in [1.807, 2.05) is 91.3 Å². The van der Waals surface area contributed by atoms with Gasteiger partial charge in [-0.2, -0.15) is 5.26 Å². The summed E-state index contributed by atoms with van der Waals surface area (Å²) in [5.74, 6) is -0.474. The molecule has 214 valence electrons. The number of para-hydroxylation sites is 1. The Hall–Kier alpha value is -4.65. The molecule has 0 spiro atoms. The Bertz CT molecular complexity index is 2130. The van der Waals surface area contributed by atoms with Gasteiger partial charge in [0.15, 0.2) is 4.80 Å². The van der Waals surface area contributed by atoms with E-state index in [2.05, 4.69) is 10.6 Å². The fourth-order valence-electron chi connectivity index (χ4n) is 5.51. The van der Waals surface area contributed by atoms with Crippen molar-refractivity contribution in [3.63, 3.8) is 0 Å². The maximum absolute atomic E-state index is 14.1. The van der Waals surface area contributed by atoms with E-state index in [1.165, 1.54) is 11.3 Å². The number of rotatable bonds is 7. The summed E-state index contributed by atoms with van der Waals surface area (Å²) in [6, 6.07) is 25.1. The summed E-state index contributed by atoms with van der Waals surface area (Å²) in [6.07, 6.45) is 5.92. The summed E-state index contributed by atoms with van der Waals surface area (Å²) in [7, 11) is 0. The van der Waals surface area contributed by atoms with E-state index in [1.54, 1.807) is 30.2 Å². The van der Waals surface area contributed by atoms with Gasteiger partial charge in [0.1, 0.15) is 0 Å². The molecule has 0 N–H and O–H groups in total. The van der Waals surface area contributed by atoms with Crippen molar-refractivity contribution < 1.29 is 9.53 Å². The van der Waals surface area contributed by atoms with Crippen LogP contribution in [0.15, 0.2) is 105 Å². The van der Waals surface area contributed by atoms with Gasteiger partial charge >= 0.3 is 5.97 Å². The normalized spacial score (nSPS) is 14.8. The molecular weight excluding hydrogens is 577 g/mol. The first-order valence-corrected chi connectivity index (χ1v) is 15.9. The second-order valence-corrected chi connectivity index (χ2v) is 12.0. The average Bonchev–Trinajstić information content (AvgIpc) is 3.53. The minimum atomic E-state index is -0.655. The third-order valence-electron chi connectivity index (χ3n) is 7.53. The smallest absolute Gasteiger partial charge is 0.338 e. The van der Waals surface area contributed by atoms with Crippen molar-refractivity contribution in [3.8, 4) is 6.07 Å². The Labute approximate surface area is 256 Å². The van der Waals surface area contributed by atoms with Crippen LogP contribution >= 0.6 is 23.1 Å². The topological polar surface area (TPSA) is 89.4 Å². The van der Waals surface area contributed by atoms with Crippen LogP contribution in [0.4, 0.5) is 0 Å². The zero-order valence-electron chi connectivity index (χ0n) is 23.9. The number of fused-ring (bicyclic) bond motifs is 2. The number of carbonyl (C=O) groups excluding carboxylic acids is 1. The number of benzene rings is 3. The molecule has 3 heterocycles. The van der Waals surface area contributed by atoms with E-state index in [4.69, 9.17) is 9.73 Å². The van der Waals surface area contributed by atoms with Crippen LogP contribution in [0.5, 0.6) is 0 Å². The molecule has 1 aliphatic rings. The highest BCUT2D eigenvalue weighted by Gasteiger charge is 2.33. The van der Waals surface area contributed by atoms with Crippen LogP contribution in [0, 0.1) is 11.3 Å². The van der Waals surface area contributed by atoms with Gasteiger partial charge in [0.2, 0.25) is 0 Å². The van der Waals surface area contributed by atoms with Crippen LogP contribution in [-0.4, -0.2) is 28.0 Å². The van der Waals surface area contributed by atoms with Crippen LogP contribution in [-0.2, 0) is 16.1 Å². The maximum Gasteiger partial charge on any atom is 0.338 e. The molecule has 0 bridgehead atoms. The number of allylic oxidation sites excluding steroid dienone is 1. The van der Waals surface area contributed by atoms with Crippen molar-refractivity contribution in [2.75, 3.05) is 12.9 Å². The molecule has 3 aromatic carbocycles. The molecule has 6 rings (SSSR count). The molecule has 7 nitrogen and oxygen atoms in total. The molecule has 0 saturated carbocycles. The number of ether oxygens (including phenoxy) is 1. The zero-order valence-corrected chi connectivity index (χ0v) is 25.5. The summed E-state index contributed by atoms with van der Waals surface area (Å²) in [4.78, 5) is 33.7. The van der Waals surface area contributed by atoms with Crippen molar-refractivity contribution >= 4 is 46.0 Å². The Morgan fingerprint density at radius 2 is 1.86 bits per heavy atom. The predicted molar refractivity (Wildman–Crippen MR) is 171 cm³/mol. The van der Waals surface area contributed by atoms with Gasteiger partial charge in [0.25, 0.3) is 5.56 Å². The molecule has 0 aliphatic carbocycles. The second-order valence-electron chi connectivity index (χ2n) is 10.1. The standard InChI is InChI=1S/C34H28N4O3S2/c1-4-41-33(40)30-21(2)36-34-38(31(30)22-13-15-26(42-3)16-14-22)32(39)29(43-34)17-25-20-37(28-12-8-7-11-27(25)28)19-24-10-6-5-9-23(24)18-35/h5-17,20,31H,4,19H2,1-3H3/b29-17+/t31-/m1/s1. The highest BCUT2D eigenvalue weighted by atomic mass is 32.2. The summed E-state index contributed by atoms with van der Waals surface area (Å²) < 4.78 is 9.66. The lowest BCUT2D eigenvalue weighted by Crippen LogP contribution is -2.39. The number of esters is 1. The molecule has 0 radical (unpaired) electrons. The molecule has 1 aliphatic heterocycles. The van der Waals surface area contributed by atoms with E-state index in [-0.39, 0.29) is 12.2 Å². The molecule has 0 amide bonds. The SMILES string of the molecule is CCOC(=O)C1=C(C)N=c2s/c(=C/c3cn(Cc4ccccc4C#N)c4ccccc34)c(=O)n2[C@@H]1c1ccc(SC)cc1.